The number of aliphatic carboxylic acids is 1. The third-order valence-corrected chi connectivity index (χ3v) is 2.53. The van der Waals surface area contributed by atoms with Crippen molar-refractivity contribution in [1.82, 2.24) is 5.32 Å². The summed E-state index contributed by atoms with van der Waals surface area (Å²) in [5.74, 6) is 1.67. The molecular formula is C14H17NO2. The highest BCUT2D eigenvalue weighted by Gasteiger charge is 2.21. The quantitative estimate of drug-likeness (QED) is 0.738. The summed E-state index contributed by atoms with van der Waals surface area (Å²) in [6.45, 7) is 2.02. The molecule has 3 nitrogen and oxygen atoms in total. The average Bonchev–Trinajstić information content (AvgIpc) is 2.35. The molecule has 0 fully saturated rings. The lowest BCUT2D eigenvalue weighted by Crippen LogP contribution is -2.36. The Hall–Kier alpha value is -1.79. The zero-order chi connectivity index (χ0) is 12.7. The third-order valence-electron chi connectivity index (χ3n) is 2.53. The Morgan fingerprint density at radius 3 is 2.59 bits per heavy atom. The van der Waals surface area contributed by atoms with Gasteiger partial charge in [0.15, 0.2) is 0 Å². The summed E-state index contributed by atoms with van der Waals surface area (Å²) in [6, 6.07) is 8.10. The Bertz CT molecular complexity index is 394. The minimum atomic E-state index is -0.910. The standard InChI is InChI=1S/C14H17NO2/c1-3-8-12(4-2)15-13(14(16)17)11-9-6-5-7-10-11/h2,5-7,9-10,12-13,15H,3,8H2,1H3,(H,16,17). The zero-order valence-electron chi connectivity index (χ0n) is 9.89. The molecule has 0 radical (unpaired) electrons. The minimum Gasteiger partial charge on any atom is -0.480 e. The van der Waals surface area contributed by atoms with Crippen molar-refractivity contribution in [2.75, 3.05) is 0 Å². The Balaban J connectivity index is 2.81. The zero-order valence-corrected chi connectivity index (χ0v) is 9.89. The van der Waals surface area contributed by atoms with Crippen LogP contribution in [0.5, 0.6) is 0 Å². The van der Waals surface area contributed by atoms with E-state index < -0.39 is 12.0 Å². The molecule has 2 N–H and O–H groups in total. The molecule has 1 aromatic rings. The maximum Gasteiger partial charge on any atom is 0.325 e. The highest BCUT2D eigenvalue weighted by molar-refractivity contribution is 5.75. The van der Waals surface area contributed by atoms with Crippen molar-refractivity contribution in [3.05, 3.63) is 35.9 Å². The average molecular weight is 231 g/mol. The third kappa shape index (κ3) is 3.93. The second-order valence-corrected chi connectivity index (χ2v) is 3.86. The van der Waals surface area contributed by atoms with Gasteiger partial charge in [-0.3, -0.25) is 10.1 Å². The maximum absolute atomic E-state index is 11.2. The molecule has 0 saturated carbocycles. The van der Waals surface area contributed by atoms with Crippen molar-refractivity contribution in [2.45, 2.75) is 31.8 Å². The first kappa shape index (κ1) is 13.3. The number of hydrogen-bond acceptors (Lipinski definition) is 2. The van der Waals surface area contributed by atoms with E-state index in [1.54, 1.807) is 12.1 Å². The van der Waals surface area contributed by atoms with Crippen LogP contribution < -0.4 is 5.32 Å². The maximum atomic E-state index is 11.2. The van der Waals surface area contributed by atoms with Crippen LogP contribution in [0.25, 0.3) is 0 Å². The predicted molar refractivity (Wildman–Crippen MR) is 67.5 cm³/mol. The molecule has 3 heteroatoms. The molecule has 0 aliphatic heterocycles. The van der Waals surface area contributed by atoms with Crippen LogP contribution in [-0.4, -0.2) is 17.1 Å². The van der Waals surface area contributed by atoms with Crippen LogP contribution in [0.1, 0.15) is 31.4 Å². The molecule has 0 aromatic heterocycles. The van der Waals surface area contributed by atoms with E-state index in [1.807, 2.05) is 25.1 Å². The normalized spacial score (nSPS) is 13.6. The molecule has 1 aromatic carbocycles. The van der Waals surface area contributed by atoms with Gasteiger partial charge in [-0.1, -0.05) is 49.6 Å². The van der Waals surface area contributed by atoms with Gasteiger partial charge >= 0.3 is 5.97 Å². The monoisotopic (exact) mass is 231 g/mol. The van der Waals surface area contributed by atoms with E-state index in [9.17, 15) is 9.90 Å². The van der Waals surface area contributed by atoms with Crippen LogP contribution in [0.4, 0.5) is 0 Å². The summed E-state index contributed by atoms with van der Waals surface area (Å²) in [5, 5.41) is 12.2. The topological polar surface area (TPSA) is 49.3 Å². The van der Waals surface area contributed by atoms with Gasteiger partial charge in [0.25, 0.3) is 0 Å². The lowest BCUT2D eigenvalue weighted by Gasteiger charge is -2.19. The van der Waals surface area contributed by atoms with Crippen molar-refractivity contribution in [3.8, 4) is 12.3 Å². The lowest BCUT2D eigenvalue weighted by atomic mass is 10.0. The molecule has 0 saturated heterocycles. The lowest BCUT2D eigenvalue weighted by molar-refractivity contribution is -0.139. The Morgan fingerprint density at radius 2 is 2.12 bits per heavy atom. The van der Waals surface area contributed by atoms with E-state index in [0.717, 1.165) is 18.4 Å². The summed E-state index contributed by atoms with van der Waals surface area (Å²) in [5.41, 5.74) is 0.719. The van der Waals surface area contributed by atoms with Gasteiger partial charge < -0.3 is 5.11 Å². The smallest absolute Gasteiger partial charge is 0.325 e. The van der Waals surface area contributed by atoms with Crippen LogP contribution in [0, 0.1) is 12.3 Å². The van der Waals surface area contributed by atoms with Crippen molar-refractivity contribution >= 4 is 5.97 Å². The van der Waals surface area contributed by atoms with Crippen LogP contribution in [0.15, 0.2) is 30.3 Å². The molecule has 2 unspecified atom stereocenters. The van der Waals surface area contributed by atoms with Crippen molar-refractivity contribution in [3.63, 3.8) is 0 Å². The highest BCUT2D eigenvalue weighted by atomic mass is 16.4. The van der Waals surface area contributed by atoms with E-state index >= 15 is 0 Å². The van der Waals surface area contributed by atoms with E-state index in [4.69, 9.17) is 6.42 Å². The molecule has 0 amide bonds. The first-order chi connectivity index (χ1) is 8.19. The van der Waals surface area contributed by atoms with Gasteiger partial charge in [0.2, 0.25) is 0 Å². The molecular weight excluding hydrogens is 214 g/mol. The molecule has 0 aliphatic carbocycles. The van der Waals surface area contributed by atoms with Crippen LogP contribution in [-0.2, 0) is 4.79 Å². The number of rotatable bonds is 6. The summed E-state index contributed by atoms with van der Waals surface area (Å²) < 4.78 is 0. The van der Waals surface area contributed by atoms with Gasteiger partial charge in [-0.2, -0.15) is 0 Å². The fraction of sp³-hybridized carbons (Fsp3) is 0.357. The second-order valence-electron chi connectivity index (χ2n) is 3.86. The fourth-order valence-corrected chi connectivity index (χ4v) is 1.66. The summed E-state index contributed by atoms with van der Waals surface area (Å²) in [4.78, 5) is 11.2. The van der Waals surface area contributed by atoms with Gasteiger partial charge in [0.1, 0.15) is 6.04 Å². The van der Waals surface area contributed by atoms with Gasteiger partial charge in [0, 0.05) is 0 Å². The van der Waals surface area contributed by atoms with E-state index in [0.29, 0.717) is 0 Å². The minimum absolute atomic E-state index is 0.207. The van der Waals surface area contributed by atoms with Gasteiger partial charge in [-0.25, -0.2) is 0 Å². The van der Waals surface area contributed by atoms with Crippen molar-refractivity contribution < 1.29 is 9.90 Å². The first-order valence-corrected chi connectivity index (χ1v) is 5.69. The van der Waals surface area contributed by atoms with Crippen molar-refractivity contribution in [2.24, 2.45) is 0 Å². The van der Waals surface area contributed by atoms with E-state index in [1.165, 1.54) is 0 Å². The SMILES string of the molecule is C#CC(CCC)NC(C(=O)O)c1ccccc1. The highest BCUT2D eigenvalue weighted by Crippen LogP contribution is 2.14. The second kappa shape index (κ2) is 6.72. The van der Waals surface area contributed by atoms with Crippen molar-refractivity contribution in [1.29, 1.82) is 0 Å². The Kier molecular flexibility index (Phi) is 5.25. The molecule has 90 valence electrons. The molecule has 1 rings (SSSR count). The van der Waals surface area contributed by atoms with Crippen LogP contribution in [0.2, 0.25) is 0 Å². The Morgan fingerprint density at radius 1 is 1.47 bits per heavy atom. The molecule has 0 spiro atoms. The predicted octanol–water partition coefficient (Wildman–Crippen LogP) is 2.20. The number of carbonyl (C=O) groups is 1. The molecule has 0 bridgehead atoms. The first-order valence-electron chi connectivity index (χ1n) is 5.69. The number of benzene rings is 1. The summed E-state index contributed by atoms with van der Waals surface area (Å²) in [6.07, 6.45) is 7.07. The molecule has 17 heavy (non-hydrogen) atoms. The van der Waals surface area contributed by atoms with Crippen LogP contribution >= 0.6 is 0 Å². The van der Waals surface area contributed by atoms with Gasteiger partial charge in [-0.15, -0.1) is 6.42 Å². The Labute approximate surface area is 102 Å². The van der Waals surface area contributed by atoms with E-state index in [-0.39, 0.29) is 6.04 Å². The molecule has 0 aliphatic rings. The number of carboxylic acids is 1. The molecule has 0 heterocycles. The van der Waals surface area contributed by atoms with Gasteiger partial charge in [-0.05, 0) is 12.0 Å². The summed E-state index contributed by atoms with van der Waals surface area (Å²) >= 11 is 0. The van der Waals surface area contributed by atoms with E-state index in [2.05, 4.69) is 11.2 Å². The number of terminal acetylenes is 1. The molecule has 2 atom stereocenters. The number of hydrogen-bond donors (Lipinski definition) is 2. The van der Waals surface area contributed by atoms with Crippen LogP contribution in [0.3, 0.4) is 0 Å². The summed E-state index contributed by atoms with van der Waals surface area (Å²) in [7, 11) is 0. The van der Waals surface area contributed by atoms with Gasteiger partial charge in [0.05, 0.1) is 6.04 Å². The fourth-order valence-electron chi connectivity index (χ4n) is 1.66. The largest absolute Gasteiger partial charge is 0.480 e. The number of carboxylic acid groups (broad SMARTS) is 1. The number of nitrogens with one attached hydrogen (secondary N) is 1.